The highest BCUT2D eigenvalue weighted by atomic mass is 16.2. The van der Waals surface area contributed by atoms with Crippen LogP contribution in [0.2, 0.25) is 0 Å². The third kappa shape index (κ3) is 8.40. The van der Waals surface area contributed by atoms with Crippen molar-refractivity contribution < 1.29 is 19.2 Å². The topological polar surface area (TPSA) is 98.8 Å². The Labute approximate surface area is 200 Å². The molecule has 0 saturated heterocycles. The molecule has 0 heterocycles. The molecule has 0 aromatic carbocycles. The van der Waals surface area contributed by atoms with Crippen molar-refractivity contribution in [1.82, 2.24) is 20.4 Å². The van der Waals surface area contributed by atoms with Crippen LogP contribution in [0.5, 0.6) is 0 Å². The van der Waals surface area contributed by atoms with Crippen LogP contribution < -0.4 is 10.6 Å². The highest BCUT2D eigenvalue weighted by molar-refractivity contribution is 5.98. The van der Waals surface area contributed by atoms with E-state index in [0.29, 0.717) is 25.2 Å². The first kappa shape index (κ1) is 29.1. The fraction of sp³-hybridized carbons (Fsp3) is 0.840. The van der Waals surface area contributed by atoms with Crippen LogP contribution in [0.25, 0.3) is 0 Å². The summed E-state index contributed by atoms with van der Waals surface area (Å²) in [6.07, 6.45) is 3.30. The SMILES string of the molecule is CCC[C@H](NC)C(=O)N(C)[C@@H](CC(C)C)C(=O)N[C@H](C)C(=O)N(C)C(CC(C)C)C1CC1=O. The molecule has 1 aliphatic rings. The number of hydrogen-bond acceptors (Lipinski definition) is 5. The Balaban J connectivity index is 2.93. The van der Waals surface area contributed by atoms with Gasteiger partial charge in [0, 0.05) is 32.5 Å². The van der Waals surface area contributed by atoms with Crippen molar-refractivity contribution >= 4 is 23.5 Å². The van der Waals surface area contributed by atoms with Crippen LogP contribution in [0.4, 0.5) is 0 Å². The Morgan fingerprint density at radius 1 is 0.970 bits per heavy atom. The number of hydrogen-bond donors (Lipinski definition) is 2. The van der Waals surface area contributed by atoms with Crippen LogP contribution in [-0.2, 0) is 19.2 Å². The molecule has 1 aliphatic carbocycles. The van der Waals surface area contributed by atoms with Gasteiger partial charge >= 0.3 is 0 Å². The second-order valence-corrected chi connectivity index (χ2v) is 10.4. The number of Topliss-reactive ketones (excluding diaryl/α,β-unsaturated/α-hetero) is 1. The van der Waals surface area contributed by atoms with Crippen molar-refractivity contribution in [2.75, 3.05) is 21.1 Å². The lowest BCUT2D eigenvalue weighted by Gasteiger charge is -2.34. The molecule has 0 aromatic rings. The average molecular weight is 467 g/mol. The van der Waals surface area contributed by atoms with Gasteiger partial charge in [0.2, 0.25) is 17.7 Å². The number of carbonyl (C=O) groups excluding carboxylic acids is 4. The molecule has 1 saturated carbocycles. The molecule has 0 radical (unpaired) electrons. The molecule has 2 unspecified atom stereocenters. The molecule has 190 valence electrons. The van der Waals surface area contributed by atoms with Gasteiger partial charge in [0.05, 0.1) is 6.04 Å². The summed E-state index contributed by atoms with van der Waals surface area (Å²) in [6.45, 7) is 11.8. The Morgan fingerprint density at radius 3 is 1.94 bits per heavy atom. The number of carbonyl (C=O) groups is 4. The van der Waals surface area contributed by atoms with Crippen molar-refractivity contribution in [3.63, 3.8) is 0 Å². The third-order valence-corrected chi connectivity index (χ3v) is 6.46. The number of ketones is 1. The van der Waals surface area contributed by atoms with E-state index in [1.165, 1.54) is 4.90 Å². The molecule has 0 spiro atoms. The van der Waals surface area contributed by atoms with E-state index in [1.54, 1.807) is 33.0 Å². The van der Waals surface area contributed by atoms with Gasteiger partial charge in [-0.15, -0.1) is 0 Å². The minimum atomic E-state index is -0.750. The van der Waals surface area contributed by atoms with Gasteiger partial charge in [-0.05, 0) is 45.1 Å². The number of rotatable bonds is 14. The highest BCUT2D eigenvalue weighted by Gasteiger charge is 2.45. The molecule has 1 fully saturated rings. The maximum Gasteiger partial charge on any atom is 0.244 e. The molecule has 1 rings (SSSR count). The van der Waals surface area contributed by atoms with E-state index in [4.69, 9.17) is 0 Å². The zero-order valence-corrected chi connectivity index (χ0v) is 22.1. The largest absolute Gasteiger partial charge is 0.343 e. The lowest BCUT2D eigenvalue weighted by molar-refractivity contribution is -0.143. The summed E-state index contributed by atoms with van der Waals surface area (Å²) in [7, 11) is 5.12. The molecule has 0 aromatic heterocycles. The standard InChI is InChI=1S/C25H46N4O4/c1-10-11-19(26-7)25(33)29(9)21(13-16(4)5)23(31)27-17(6)24(32)28(8)20(12-15(2)3)18-14-22(18)30/h15-21,26H,10-14H2,1-9H3,(H,27,31)/t17-,18?,19+,20?,21+/m1/s1. The van der Waals surface area contributed by atoms with Crippen LogP contribution in [0.15, 0.2) is 0 Å². The van der Waals surface area contributed by atoms with E-state index in [2.05, 4.69) is 24.5 Å². The van der Waals surface area contributed by atoms with Gasteiger partial charge in [0.15, 0.2) is 0 Å². The Kier molecular flexibility index (Phi) is 11.5. The zero-order chi connectivity index (χ0) is 25.5. The summed E-state index contributed by atoms with van der Waals surface area (Å²) < 4.78 is 0. The van der Waals surface area contributed by atoms with Crippen molar-refractivity contribution in [3.8, 4) is 0 Å². The van der Waals surface area contributed by atoms with Crippen LogP contribution >= 0.6 is 0 Å². The summed E-state index contributed by atoms with van der Waals surface area (Å²) in [5, 5.41) is 5.88. The molecule has 2 N–H and O–H groups in total. The zero-order valence-electron chi connectivity index (χ0n) is 22.1. The monoisotopic (exact) mass is 466 g/mol. The van der Waals surface area contributed by atoms with Crippen LogP contribution in [-0.4, -0.2) is 78.6 Å². The molecule has 8 heteroatoms. The fourth-order valence-electron chi connectivity index (χ4n) is 4.39. The van der Waals surface area contributed by atoms with Gasteiger partial charge < -0.3 is 20.4 Å². The van der Waals surface area contributed by atoms with Gasteiger partial charge in [0.25, 0.3) is 0 Å². The molecule has 33 heavy (non-hydrogen) atoms. The maximum absolute atomic E-state index is 13.2. The molecule has 8 nitrogen and oxygen atoms in total. The van der Waals surface area contributed by atoms with E-state index in [-0.39, 0.29) is 47.4 Å². The first-order chi connectivity index (χ1) is 15.3. The smallest absolute Gasteiger partial charge is 0.244 e. The van der Waals surface area contributed by atoms with Crippen molar-refractivity contribution in [2.24, 2.45) is 17.8 Å². The molecular weight excluding hydrogens is 420 g/mol. The minimum absolute atomic E-state index is 0.0984. The van der Waals surface area contributed by atoms with E-state index in [1.807, 2.05) is 20.8 Å². The van der Waals surface area contributed by atoms with E-state index >= 15 is 0 Å². The van der Waals surface area contributed by atoms with Crippen LogP contribution in [0.1, 0.15) is 73.6 Å². The van der Waals surface area contributed by atoms with Crippen molar-refractivity contribution in [3.05, 3.63) is 0 Å². The minimum Gasteiger partial charge on any atom is -0.343 e. The lowest BCUT2D eigenvalue weighted by atomic mass is 9.98. The second-order valence-electron chi connectivity index (χ2n) is 10.4. The highest BCUT2D eigenvalue weighted by Crippen LogP contribution is 2.34. The quantitative estimate of drug-likeness (QED) is 0.409. The van der Waals surface area contributed by atoms with Crippen LogP contribution in [0, 0.1) is 17.8 Å². The molecule has 3 amide bonds. The van der Waals surface area contributed by atoms with Gasteiger partial charge in [-0.2, -0.15) is 0 Å². The lowest BCUT2D eigenvalue weighted by Crippen LogP contribution is -2.57. The Morgan fingerprint density at radius 2 is 1.52 bits per heavy atom. The first-order valence-corrected chi connectivity index (χ1v) is 12.4. The summed E-state index contributed by atoms with van der Waals surface area (Å²) in [5.74, 6) is -0.0327. The molecule has 0 bridgehead atoms. The van der Waals surface area contributed by atoms with Crippen LogP contribution in [0.3, 0.4) is 0 Å². The number of likely N-dealkylation sites (N-methyl/N-ethyl adjacent to an activating group) is 3. The summed E-state index contributed by atoms with van der Waals surface area (Å²) >= 11 is 0. The second kappa shape index (κ2) is 13.1. The Hall–Kier alpha value is -1.96. The first-order valence-electron chi connectivity index (χ1n) is 12.4. The van der Waals surface area contributed by atoms with Crippen molar-refractivity contribution in [2.45, 2.75) is 97.8 Å². The number of nitrogens with one attached hydrogen (secondary N) is 2. The average Bonchev–Trinajstić information content (AvgIpc) is 3.47. The van der Waals surface area contributed by atoms with E-state index < -0.39 is 12.1 Å². The van der Waals surface area contributed by atoms with E-state index in [9.17, 15) is 19.2 Å². The molecule has 0 aliphatic heterocycles. The van der Waals surface area contributed by atoms with Gasteiger partial charge in [-0.3, -0.25) is 19.2 Å². The fourth-order valence-corrected chi connectivity index (χ4v) is 4.39. The number of amides is 3. The predicted molar refractivity (Wildman–Crippen MR) is 131 cm³/mol. The number of nitrogens with zero attached hydrogens (tertiary/aromatic N) is 2. The Bertz CT molecular complexity index is 694. The van der Waals surface area contributed by atoms with E-state index in [0.717, 1.165) is 12.8 Å². The van der Waals surface area contributed by atoms with Gasteiger partial charge in [-0.25, -0.2) is 0 Å². The van der Waals surface area contributed by atoms with Crippen molar-refractivity contribution in [1.29, 1.82) is 0 Å². The molecule has 5 atom stereocenters. The molecular formula is C25H46N4O4. The third-order valence-electron chi connectivity index (χ3n) is 6.46. The summed E-state index contributed by atoms with van der Waals surface area (Å²) in [5.41, 5.74) is 0. The predicted octanol–water partition coefficient (Wildman–Crippen LogP) is 2.21. The van der Waals surface area contributed by atoms with Gasteiger partial charge in [0.1, 0.15) is 17.9 Å². The summed E-state index contributed by atoms with van der Waals surface area (Å²) in [4.78, 5) is 54.3. The maximum atomic E-state index is 13.2. The summed E-state index contributed by atoms with van der Waals surface area (Å²) in [6, 6.07) is -1.91. The normalized spacial score (nSPS) is 19.1. The van der Waals surface area contributed by atoms with Gasteiger partial charge in [-0.1, -0.05) is 41.0 Å².